The van der Waals surface area contributed by atoms with E-state index in [-0.39, 0.29) is 17.4 Å². The largest absolute Gasteiger partial charge is 0.476 e. The lowest BCUT2D eigenvalue weighted by molar-refractivity contribution is 0.0688. The predicted octanol–water partition coefficient (Wildman–Crippen LogP) is 1.96. The standard InChI is InChI=1S/C13H13N3O4/c1-16(19-2)11-12(15-10(8-14-11)13(17)18)20-9-6-4-3-5-7-9/h3-8H,1-2H3,(H,17,18). The maximum Gasteiger partial charge on any atom is 0.356 e. The first-order chi connectivity index (χ1) is 9.61. The minimum Gasteiger partial charge on any atom is -0.476 e. The maximum atomic E-state index is 11.0. The number of carbonyl (C=O) groups is 1. The summed E-state index contributed by atoms with van der Waals surface area (Å²) >= 11 is 0. The summed E-state index contributed by atoms with van der Waals surface area (Å²) in [4.78, 5) is 23.9. The molecule has 0 unspecified atom stereocenters. The van der Waals surface area contributed by atoms with Gasteiger partial charge in [-0.2, -0.15) is 0 Å². The number of rotatable bonds is 5. The van der Waals surface area contributed by atoms with Crippen molar-refractivity contribution < 1.29 is 19.5 Å². The van der Waals surface area contributed by atoms with Crippen molar-refractivity contribution in [3.05, 3.63) is 42.2 Å². The smallest absolute Gasteiger partial charge is 0.356 e. The molecule has 1 aromatic heterocycles. The normalized spacial score (nSPS) is 10.1. The van der Waals surface area contributed by atoms with Gasteiger partial charge >= 0.3 is 5.97 Å². The lowest BCUT2D eigenvalue weighted by atomic mass is 10.3. The van der Waals surface area contributed by atoms with Gasteiger partial charge in [-0.25, -0.2) is 19.8 Å². The Morgan fingerprint density at radius 3 is 2.60 bits per heavy atom. The van der Waals surface area contributed by atoms with Crippen molar-refractivity contribution >= 4 is 11.8 Å². The van der Waals surface area contributed by atoms with E-state index in [0.29, 0.717) is 5.75 Å². The van der Waals surface area contributed by atoms with Crippen LogP contribution in [0.5, 0.6) is 11.6 Å². The Balaban J connectivity index is 2.41. The van der Waals surface area contributed by atoms with Crippen LogP contribution in [0.2, 0.25) is 0 Å². The molecule has 1 N–H and O–H groups in total. The summed E-state index contributed by atoms with van der Waals surface area (Å²) in [5.74, 6) is -0.320. The van der Waals surface area contributed by atoms with Crippen molar-refractivity contribution in [2.45, 2.75) is 0 Å². The molecule has 0 aliphatic rings. The highest BCUT2D eigenvalue weighted by molar-refractivity contribution is 5.85. The van der Waals surface area contributed by atoms with E-state index in [2.05, 4.69) is 9.97 Å². The fraction of sp³-hybridized carbons (Fsp3) is 0.154. The molecule has 0 spiro atoms. The first-order valence-corrected chi connectivity index (χ1v) is 5.73. The number of para-hydroxylation sites is 1. The van der Waals surface area contributed by atoms with Crippen LogP contribution in [0.3, 0.4) is 0 Å². The Labute approximate surface area is 115 Å². The van der Waals surface area contributed by atoms with Gasteiger partial charge in [-0.15, -0.1) is 0 Å². The second-order valence-corrected chi connectivity index (χ2v) is 3.78. The zero-order chi connectivity index (χ0) is 14.5. The van der Waals surface area contributed by atoms with Crippen molar-refractivity contribution in [1.82, 2.24) is 9.97 Å². The highest BCUT2D eigenvalue weighted by Crippen LogP contribution is 2.27. The number of anilines is 1. The molecular weight excluding hydrogens is 262 g/mol. The zero-order valence-corrected chi connectivity index (χ0v) is 11.0. The fourth-order valence-corrected chi connectivity index (χ4v) is 1.44. The molecule has 20 heavy (non-hydrogen) atoms. The monoisotopic (exact) mass is 275 g/mol. The van der Waals surface area contributed by atoms with Gasteiger partial charge in [0.05, 0.1) is 13.3 Å². The lowest BCUT2D eigenvalue weighted by Crippen LogP contribution is -2.18. The van der Waals surface area contributed by atoms with Crippen molar-refractivity contribution in [2.75, 3.05) is 19.2 Å². The third kappa shape index (κ3) is 3.01. The summed E-state index contributed by atoms with van der Waals surface area (Å²) in [5.41, 5.74) is -0.204. The van der Waals surface area contributed by atoms with Gasteiger partial charge in [-0.3, -0.25) is 4.84 Å². The van der Waals surface area contributed by atoms with E-state index in [1.807, 2.05) is 6.07 Å². The van der Waals surface area contributed by atoms with Gasteiger partial charge in [0, 0.05) is 7.05 Å². The quantitative estimate of drug-likeness (QED) is 0.835. The molecule has 104 valence electrons. The van der Waals surface area contributed by atoms with E-state index in [0.717, 1.165) is 6.20 Å². The number of carboxylic acid groups (broad SMARTS) is 1. The number of nitrogens with zero attached hydrogens (tertiary/aromatic N) is 3. The van der Waals surface area contributed by atoms with Gasteiger partial charge in [-0.05, 0) is 12.1 Å². The average Bonchev–Trinajstić information content (AvgIpc) is 2.47. The lowest BCUT2D eigenvalue weighted by Gasteiger charge is -2.17. The van der Waals surface area contributed by atoms with Gasteiger partial charge in [0.15, 0.2) is 5.69 Å². The molecule has 7 heteroatoms. The molecule has 0 bridgehead atoms. The van der Waals surface area contributed by atoms with Crippen molar-refractivity contribution in [3.8, 4) is 11.6 Å². The van der Waals surface area contributed by atoms with E-state index in [4.69, 9.17) is 14.7 Å². The highest BCUT2D eigenvalue weighted by atomic mass is 16.7. The van der Waals surface area contributed by atoms with E-state index in [1.165, 1.54) is 12.2 Å². The third-order valence-electron chi connectivity index (χ3n) is 2.47. The van der Waals surface area contributed by atoms with Crippen LogP contribution in [0, 0.1) is 0 Å². The van der Waals surface area contributed by atoms with Crippen molar-refractivity contribution in [1.29, 1.82) is 0 Å². The number of benzene rings is 1. The van der Waals surface area contributed by atoms with Gasteiger partial charge in [-0.1, -0.05) is 18.2 Å². The van der Waals surface area contributed by atoms with E-state index in [1.54, 1.807) is 31.3 Å². The van der Waals surface area contributed by atoms with Crippen LogP contribution in [-0.2, 0) is 4.84 Å². The Morgan fingerprint density at radius 1 is 1.30 bits per heavy atom. The molecule has 0 radical (unpaired) electrons. The van der Waals surface area contributed by atoms with Crippen LogP contribution in [0.15, 0.2) is 36.5 Å². The molecule has 1 heterocycles. The molecule has 1 aromatic carbocycles. The number of aromatic nitrogens is 2. The Hall–Kier alpha value is -2.67. The van der Waals surface area contributed by atoms with Gasteiger partial charge in [0.25, 0.3) is 5.88 Å². The Morgan fingerprint density at radius 2 is 2.00 bits per heavy atom. The zero-order valence-electron chi connectivity index (χ0n) is 11.0. The topological polar surface area (TPSA) is 84.8 Å². The molecule has 2 aromatic rings. The Bertz CT molecular complexity index is 604. The summed E-state index contributed by atoms with van der Waals surface area (Å²) in [6, 6.07) is 8.89. The summed E-state index contributed by atoms with van der Waals surface area (Å²) in [6.45, 7) is 0. The van der Waals surface area contributed by atoms with Gasteiger partial charge < -0.3 is 9.84 Å². The summed E-state index contributed by atoms with van der Waals surface area (Å²) < 4.78 is 5.56. The molecule has 0 amide bonds. The third-order valence-corrected chi connectivity index (χ3v) is 2.47. The Kier molecular flexibility index (Phi) is 4.11. The summed E-state index contributed by atoms with van der Waals surface area (Å²) in [7, 11) is 3.07. The number of carboxylic acids is 1. The summed E-state index contributed by atoms with van der Waals surface area (Å²) in [6.07, 6.45) is 1.14. The molecule has 0 saturated carbocycles. The fourth-order valence-electron chi connectivity index (χ4n) is 1.44. The minimum absolute atomic E-state index is 0.0560. The average molecular weight is 275 g/mol. The number of aromatic carboxylic acids is 1. The SMILES string of the molecule is CON(C)c1ncc(C(=O)O)nc1Oc1ccccc1. The molecule has 0 aliphatic carbocycles. The number of hydroxylamine groups is 1. The molecule has 0 saturated heterocycles. The van der Waals surface area contributed by atoms with Crippen LogP contribution in [-0.4, -0.2) is 35.2 Å². The van der Waals surface area contributed by atoms with Gasteiger partial charge in [0.1, 0.15) is 5.75 Å². The van der Waals surface area contributed by atoms with Crippen LogP contribution in [0.1, 0.15) is 10.5 Å². The number of hydrogen-bond donors (Lipinski definition) is 1. The first kappa shape index (κ1) is 13.8. The first-order valence-electron chi connectivity index (χ1n) is 5.73. The van der Waals surface area contributed by atoms with Crippen molar-refractivity contribution in [3.63, 3.8) is 0 Å². The van der Waals surface area contributed by atoms with E-state index >= 15 is 0 Å². The van der Waals surface area contributed by atoms with Crippen LogP contribution >= 0.6 is 0 Å². The van der Waals surface area contributed by atoms with Gasteiger partial charge in [0.2, 0.25) is 5.82 Å². The van der Waals surface area contributed by atoms with E-state index in [9.17, 15) is 4.79 Å². The predicted molar refractivity (Wildman–Crippen MR) is 70.9 cm³/mol. The number of ether oxygens (including phenoxy) is 1. The molecule has 0 atom stereocenters. The minimum atomic E-state index is -1.18. The second-order valence-electron chi connectivity index (χ2n) is 3.78. The highest BCUT2D eigenvalue weighted by Gasteiger charge is 2.17. The molecule has 7 nitrogen and oxygen atoms in total. The molecular formula is C13H13N3O4. The van der Waals surface area contributed by atoms with Crippen LogP contribution in [0.4, 0.5) is 5.82 Å². The van der Waals surface area contributed by atoms with Crippen LogP contribution < -0.4 is 9.80 Å². The molecule has 0 fully saturated rings. The van der Waals surface area contributed by atoms with Crippen LogP contribution in [0.25, 0.3) is 0 Å². The molecule has 2 rings (SSSR count). The summed E-state index contributed by atoms with van der Waals surface area (Å²) in [5, 5.41) is 10.3. The number of hydrogen-bond acceptors (Lipinski definition) is 6. The second kappa shape index (κ2) is 5.98. The molecule has 0 aliphatic heterocycles. The van der Waals surface area contributed by atoms with E-state index < -0.39 is 5.97 Å². The van der Waals surface area contributed by atoms with Crippen molar-refractivity contribution in [2.24, 2.45) is 0 Å². The maximum absolute atomic E-state index is 11.0.